The molecule has 0 unspecified atom stereocenters. The van der Waals surface area contributed by atoms with E-state index in [1.165, 1.54) is 180 Å². The van der Waals surface area contributed by atoms with Crippen molar-refractivity contribution in [2.45, 2.75) is 180 Å². The van der Waals surface area contributed by atoms with Crippen LogP contribution in [0, 0.1) is 72.8 Å². The van der Waals surface area contributed by atoms with Crippen molar-refractivity contribution in [1.29, 1.82) is 0 Å². The fraction of sp³-hybridized carbons (Fsp3) is 0.453. The van der Waals surface area contributed by atoms with Gasteiger partial charge in [0.05, 0.1) is 68.3 Å². The van der Waals surface area contributed by atoms with Crippen molar-refractivity contribution >= 4 is 84.7 Å². The number of nitrogens with two attached hydrogens (primary N) is 2. The molecule has 6 N–H and O–H groups in total. The average Bonchev–Trinajstić information content (AvgIpc) is 1.65. The number of carbonyl (C=O) groups is 4. The Balaban J connectivity index is 0.000000186. The van der Waals surface area contributed by atoms with Crippen LogP contribution >= 0.6 is 61.1 Å². The quantitative estimate of drug-likeness (QED) is 0.0274. The summed E-state index contributed by atoms with van der Waals surface area (Å²) in [6.07, 6.45) is 41.4. The van der Waals surface area contributed by atoms with Gasteiger partial charge in [-0.3, -0.25) is 29.0 Å². The molecule has 5 aliphatic carbocycles. The van der Waals surface area contributed by atoms with Gasteiger partial charge in [-0.15, -0.1) is 6.42 Å². The van der Waals surface area contributed by atoms with Gasteiger partial charge >= 0.3 is 0 Å². The van der Waals surface area contributed by atoms with E-state index in [1.54, 1.807) is 67.6 Å². The number of ether oxygens (including phenoxy) is 4. The molecule has 0 saturated heterocycles. The summed E-state index contributed by atoms with van der Waals surface area (Å²) in [7, 11) is 0. The number of imide groups is 2. The number of aliphatic hydroxyl groups is 1. The molecule has 2 heterocycles. The standard InChI is InChI=1S/C24H23NO3.C16H25NO.C16H21NO.C13H17IO.C11H7NO2.C7H13Br.C6H5IO.C2H6O/c26-23-21-13-4-5-14-22(21)24(27)25(23)15-7-11-18-10-6-12-20(16-18)28-17-19-8-2-1-3-9-19;2*17-11-5-9-14-8-4-10-16(12-14)18-13-15-6-2-1-3-7-15;14-12-7-4-8-13(9-12)15-10-11-5-2-1-3-6-11;1-2-7-12-10(13)8-5-3-4-6-9(8)11(12)14;8-6-7-4-2-1-3-5-7;7-5-2-1-3-6(8)4-5;1-2-3/h4-6,10,12-14,16,19H,1-3,8-9,15,17H2;4,8,10,12,15H,1-3,5-7,9,11,13,17H2;4,8,10,12,15H,1-3,6-7,11,13,17H2;4,7-9,11H,1-3,5-6,10H2;1,3-6H,7H2;7H,1-6H2;1-4,8H;3H,2H2,1H3. The Morgan fingerprint density at radius 2 is 0.777 bits per heavy atom. The number of rotatable bonds is 18. The van der Waals surface area contributed by atoms with Crippen LogP contribution in [0.4, 0.5) is 0 Å². The second kappa shape index (κ2) is 54.2. The van der Waals surface area contributed by atoms with E-state index < -0.39 is 0 Å². The Morgan fingerprint density at radius 1 is 0.438 bits per heavy atom. The first-order valence-corrected chi connectivity index (χ1v) is 43.9. The number of halogens is 3. The zero-order chi connectivity index (χ0) is 79.8. The molecule has 14 rings (SSSR count). The van der Waals surface area contributed by atoms with Crippen LogP contribution in [0.5, 0.6) is 28.7 Å². The molecule has 7 aromatic rings. The van der Waals surface area contributed by atoms with Crippen molar-refractivity contribution < 1.29 is 48.3 Å². The first-order valence-electron chi connectivity index (χ1n) is 40.6. The molecule has 598 valence electrons. The number of alkyl halides is 1. The molecule has 2 aliphatic heterocycles. The number of phenolic OH excluding ortho intramolecular Hbond substituents is 1. The minimum atomic E-state index is -0.302. The minimum Gasteiger partial charge on any atom is -0.508 e. The summed E-state index contributed by atoms with van der Waals surface area (Å²) < 4.78 is 25.9. The van der Waals surface area contributed by atoms with E-state index in [1.807, 2.05) is 66.7 Å². The highest BCUT2D eigenvalue weighted by Crippen LogP contribution is 2.31. The van der Waals surface area contributed by atoms with Crippen LogP contribution in [0.25, 0.3) is 0 Å². The summed E-state index contributed by atoms with van der Waals surface area (Å²) in [4.78, 5) is 50.2. The summed E-state index contributed by atoms with van der Waals surface area (Å²) in [6.45, 7) is 6.59. The molecule has 17 heteroatoms. The van der Waals surface area contributed by atoms with E-state index in [-0.39, 0.29) is 43.3 Å². The molecule has 7 aliphatic rings. The van der Waals surface area contributed by atoms with Gasteiger partial charge in [-0.25, -0.2) is 0 Å². The summed E-state index contributed by atoms with van der Waals surface area (Å²) in [6, 6.07) is 53.1. The molecular weight excluding hydrogens is 1690 g/mol. The number of amides is 4. The molecule has 5 saturated carbocycles. The van der Waals surface area contributed by atoms with E-state index in [2.05, 4.69) is 133 Å². The number of terminal acetylenes is 1. The van der Waals surface area contributed by atoms with Crippen LogP contribution in [-0.4, -0.2) is 108 Å². The molecule has 0 atom stereocenters. The number of aromatic hydroxyl groups is 1. The van der Waals surface area contributed by atoms with Gasteiger partial charge in [0.15, 0.2) is 0 Å². The van der Waals surface area contributed by atoms with Crippen molar-refractivity contribution in [1.82, 2.24) is 9.80 Å². The summed E-state index contributed by atoms with van der Waals surface area (Å²) in [5.74, 6) is 21.1. The Bertz CT molecular complexity index is 4030. The number of phenols is 1. The average molecular weight is 1810 g/mol. The molecule has 7 aromatic carbocycles. The van der Waals surface area contributed by atoms with Crippen LogP contribution < -0.4 is 30.4 Å². The van der Waals surface area contributed by atoms with Crippen LogP contribution in [0.1, 0.15) is 232 Å². The topological polar surface area (TPSA) is 204 Å². The number of fused-ring (bicyclic) bond motifs is 2. The lowest BCUT2D eigenvalue weighted by Crippen LogP contribution is -2.29. The van der Waals surface area contributed by atoms with Gasteiger partial charge in [0.1, 0.15) is 28.7 Å². The van der Waals surface area contributed by atoms with E-state index in [0.717, 1.165) is 112 Å². The first kappa shape index (κ1) is 91.5. The third kappa shape index (κ3) is 34.2. The second-order valence-electron chi connectivity index (χ2n) is 29.3. The van der Waals surface area contributed by atoms with Gasteiger partial charge in [-0.1, -0.05) is 203 Å². The van der Waals surface area contributed by atoms with Crippen molar-refractivity contribution in [2.75, 3.05) is 64.5 Å². The molecule has 0 aromatic heterocycles. The van der Waals surface area contributed by atoms with E-state index >= 15 is 0 Å². The fourth-order valence-electron chi connectivity index (χ4n) is 14.3. The maximum Gasteiger partial charge on any atom is 0.262 e. The largest absolute Gasteiger partial charge is 0.508 e. The minimum absolute atomic E-state index is 0.0341. The van der Waals surface area contributed by atoms with Crippen LogP contribution in [0.15, 0.2) is 170 Å². The lowest BCUT2D eigenvalue weighted by Gasteiger charge is -2.21. The normalized spacial score (nSPS) is 16.0. The number of nitrogens with zero attached hydrogens (tertiary/aromatic N) is 2. The Hall–Kier alpha value is -7.68. The summed E-state index contributed by atoms with van der Waals surface area (Å²) in [5, 5.41) is 17.6. The van der Waals surface area contributed by atoms with E-state index in [9.17, 15) is 19.2 Å². The number of aryl methyl sites for hydroxylation is 1. The number of aliphatic hydroxyl groups excluding tert-OH is 1. The monoisotopic (exact) mass is 1810 g/mol. The Kier molecular flexibility index (Phi) is 44.2. The van der Waals surface area contributed by atoms with E-state index in [0.29, 0.717) is 40.5 Å². The molecule has 0 bridgehead atoms. The molecule has 112 heavy (non-hydrogen) atoms. The lowest BCUT2D eigenvalue weighted by molar-refractivity contribution is 0.0659. The van der Waals surface area contributed by atoms with Crippen molar-refractivity contribution in [2.24, 2.45) is 41.1 Å². The van der Waals surface area contributed by atoms with Gasteiger partial charge < -0.3 is 40.6 Å². The van der Waals surface area contributed by atoms with Gasteiger partial charge in [-0.2, -0.15) is 0 Å². The predicted octanol–water partition coefficient (Wildman–Crippen LogP) is 20.9. The number of carbonyl (C=O) groups excluding carboxylic acids is 4. The van der Waals surface area contributed by atoms with Crippen molar-refractivity contribution in [3.05, 3.63) is 216 Å². The second-order valence-corrected chi connectivity index (χ2v) is 32.4. The van der Waals surface area contributed by atoms with Gasteiger partial charge in [0.2, 0.25) is 0 Å². The maximum atomic E-state index is 12.4. The highest BCUT2D eigenvalue weighted by Gasteiger charge is 2.35. The van der Waals surface area contributed by atoms with Gasteiger partial charge in [0.25, 0.3) is 23.6 Å². The zero-order valence-electron chi connectivity index (χ0n) is 65.6. The van der Waals surface area contributed by atoms with Gasteiger partial charge in [0, 0.05) is 30.2 Å². The van der Waals surface area contributed by atoms with Crippen molar-refractivity contribution in [3.63, 3.8) is 0 Å². The van der Waals surface area contributed by atoms with Crippen LogP contribution in [0.3, 0.4) is 0 Å². The lowest BCUT2D eigenvalue weighted by atomic mass is 9.90. The molecule has 0 spiro atoms. The van der Waals surface area contributed by atoms with Crippen molar-refractivity contribution in [3.8, 4) is 64.8 Å². The third-order valence-electron chi connectivity index (χ3n) is 20.4. The molecule has 5 fully saturated rings. The van der Waals surface area contributed by atoms with Gasteiger partial charge in [-0.05, 0) is 280 Å². The Labute approximate surface area is 703 Å². The van der Waals surface area contributed by atoms with Crippen LogP contribution in [-0.2, 0) is 6.42 Å². The molecular formula is C95H117BrI2N4O10. The Morgan fingerprint density at radius 3 is 1.12 bits per heavy atom. The third-order valence-corrected chi connectivity index (χ3v) is 22.7. The first-order chi connectivity index (χ1) is 54.7. The predicted molar refractivity (Wildman–Crippen MR) is 473 cm³/mol. The van der Waals surface area contributed by atoms with E-state index in [4.69, 9.17) is 47.1 Å². The smallest absolute Gasteiger partial charge is 0.262 e. The zero-order valence-corrected chi connectivity index (χ0v) is 71.5. The summed E-state index contributed by atoms with van der Waals surface area (Å²) in [5.41, 5.74) is 15.8. The SMILES string of the molecule is BrCC1CCCCC1.C#CCN1C(=O)c2ccccc2C1=O.CCO.Ic1cccc(OCC2CCCCC2)c1.NCC#Cc1cccc(OCC2CCCCC2)c1.NCCCc1cccc(OCC2CCCCC2)c1.O=C1c2ccccc2C(=O)N1CC#Cc1cccc(OCC2CCCCC2)c1.Oc1cccc(I)c1. The summed E-state index contributed by atoms with van der Waals surface area (Å²) >= 11 is 7.98. The molecule has 4 amide bonds. The fourth-order valence-corrected chi connectivity index (χ4v) is 16.0. The molecule has 0 radical (unpaired) electrons. The number of hydrogen-bond donors (Lipinski definition) is 4. The maximum absolute atomic E-state index is 12.4. The number of benzene rings is 7. The number of hydrogen-bond acceptors (Lipinski definition) is 12. The highest BCUT2D eigenvalue weighted by molar-refractivity contribution is 14.1. The highest BCUT2D eigenvalue weighted by atomic mass is 127. The van der Waals surface area contributed by atoms with Crippen LogP contribution in [0.2, 0.25) is 0 Å². The molecule has 14 nitrogen and oxygen atoms in total.